The number of likely N-dealkylation sites (N-methyl/N-ethyl adjacent to an activating group) is 1. The summed E-state index contributed by atoms with van der Waals surface area (Å²) in [5.41, 5.74) is 0.925. The second kappa shape index (κ2) is 7.87. The van der Waals surface area contributed by atoms with Crippen LogP contribution in [-0.4, -0.2) is 37.6 Å². The van der Waals surface area contributed by atoms with Crippen LogP contribution in [0.15, 0.2) is 24.3 Å². The number of benzene rings is 1. The van der Waals surface area contributed by atoms with Crippen molar-refractivity contribution in [3.63, 3.8) is 0 Å². The molecule has 0 unspecified atom stereocenters. The Bertz CT molecular complexity index is 533. The summed E-state index contributed by atoms with van der Waals surface area (Å²) in [6.45, 7) is 2.81. The van der Waals surface area contributed by atoms with Gasteiger partial charge in [0.25, 0.3) is 0 Å². The molecule has 0 saturated heterocycles. The topological polar surface area (TPSA) is 38.8 Å². The van der Waals surface area contributed by atoms with Crippen LogP contribution in [0.1, 0.15) is 38.2 Å². The minimum atomic E-state index is 0.0872. The number of carbonyl (C=O) groups excluding carboxylic acids is 1. The van der Waals surface area contributed by atoms with Gasteiger partial charge in [0.05, 0.1) is 14.2 Å². The number of methoxy groups -OCH3 is 2. The lowest BCUT2D eigenvalue weighted by molar-refractivity contribution is -0.127. The van der Waals surface area contributed by atoms with Gasteiger partial charge in [0, 0.05) is 18.7 Å². The van der Waals surface area contributed by atoms with Crippen LogP contribution in [0.3, 0.4) is 0 Å². The minimum Gasteiger partial charge on any atom is -0.493 e. The lowest BCUT2D eigenvalue weighted by atomic mass is 10.1. The molecule has 4 nitrogen and oxygen atoms in total. The molecule has 1 aliphatic rings. The van der Waals surface area contributed by atoms with Crippen LogP contribution >= 0.6 is 0 Å². The third kappa shape index (κ3) is 3.81. The summed E-state index contributed by atoms with van der Waals surface area (Å²) in [7, 11) is 3.22. The van der Waals surface area contributed by atoms with Crippen molar-refractivity contribution < 1.29 is 14.3 Å². The Balaban J connectivity index is 2.08. The van der Waals surface area contributed by atoms with E-state index in [-0.39, 0.29) is 5.91 Å². The van der Waals surface area contributed by atoms with E-state index in [0.717, 1.165) is 24.9 Å². The van der Waals surface area contributed by atoms with E-state index in [2.05, 4.69) is 0 Å². The summed E-state index contributed by atoms with van der Waals surface area (Å²) in [6, 6.07) is 6.04. The highest BCUT2D eigenvalue weighted by atomic mass is 16.5. The maximum absolute atomic E-state index is 12.4. The van der Waals surface area contributed by atoms with Crippen LogP contribution in [0.4, 0.5) is 0 Å². The first-order valence-corrected chi connectivity index (χ1v) is 7.90. The summed E-state index contributed by atoms with van der Waals surface area (Å²) in [5, 5.41) is 0. The molecule has 0 spiro atoms. The first-order valence-electron chi connectivity index (χ1n) is 7.90. The average molecular weight is 303 g/mol. The van der Waals surface area contributed by atoms with Crippen LogP contribution in [0.25, 0.3) is 6.08 Å². The van der Waals surface area contributed by atoms with E-state index in [4.69, 9.17) is 9.47 Å². The maximum Gasteiger partial charge on any atom is 0.246 e. The van der Waals surface area contributed by atoms with Crippen LogP contribution in [0.2, 0.25) is 0 Å². The molecule has 0 atom stereocenters. The SMILES string of the molecule is CCN(C(=O)/C=C/c1ccc(OC)c(OC)c1)C1CCCC1. The Kier molecular flexibility index (Phi) is 5.87. The maximum atomic E-state index is 12.4. The Morgan fingerprint density at radius 2 is 1.91 bits per heavy atom. The second-order valence-corrected chi connectivity index (χ2v) is 5.51. The van der Waals surface area contributed by atoms with E-state index in [1.165, 1.54) is 12.8 Å². The van der Waals surface area contributed by atoms with Gasteiger partial charge < -0.3 is 14.4 Å². The molecule has 0 heterocycles. The van der Waals surface area contributed by atoms with E-state index in [9.17, 15) is 4.79 Å². The van der Waals surface area contributed by atoms with Gasteiger partial charge in [0.15, 0.2) is 11.5 Å². The Morgan fingerprint density at radius 1 is 1.23 bits per heavy atom. The van der Waals surface area contributed by atoms with Crippen LogP contribution < -0.4 is 9.47 Å². The molecule has 0 bridgehead atoms. The largest absolute Gasteiger partial charge is 0.493 e. The quantitative estimate of drug-likeness (QED) is 0.755. The molecular weight excluding hydrogens is 278 g/mol. The molecule has 1 fully saturated rings. The van der Waals surface area contributed by atoms with Gasteiger partial charge in [0.2, 0.25) is 5.91 Å². The number of ether oxygens (including phenoxy) is 2. The molecular formula is C18H25NO3. The lowest BCUT2D eigenvalue weighted by Crippen LogP contribution is -2.37. The van der Waals surface area contributed by atoms with Gasteiger partial charge in [-0.05, 0) is 43.5 Å². The summed E-state index contributed by atoms with van der Waals surface area (Å²) >= 11 is 0. The van der Waals surface area contributed by atoms with Crippen LogP contribution in [-0.2, 0) is 4.79 Å². The molecule has 1 aromatic rings. The van der Waals surface area contributed by atoms with E-state index in [1.54, 1.807) is 20.3 Å². The molecule has 120 valence electrons. The van der Waals surface area contributed by atoms with Crippen molar-refractivity contribution in [2.45, 2.75) is 38.6 Å². The standard InChI is InChI=1S/C18H25NO3/c1-4-19(15-7-5-6-8-15)18(20)12-10-14-9-11-16(21-2)17(13-14)22-3/h9-13,15H,4-8H2,1-3H3/b12-10+. The molecule has 0 aromatic heterocycles. The fraction of sp³-hybridized carbons (Fsp3) is 0.500. The Labute approximate surface area is 132 Å². The molecule has 1 amide bonds. The van der Waals surface area contributed by atoms with E-state index >= 15 is 0 Å². The predicted molar refractivity (Wildman–Crippen MR) is 88.2 cm³/mol. The van der Waals surface area contributed by atoms with Gasteiger partial charge in [-0.2, -0.15) is 0 Å². The average Bonchev–Trinajstić information content (AvgIpc) is 3.07. The minimum absolute atomic E-state index is 0.0872. The number of rotatable bonds is 6. The van der Waals surface area contributed by atoms with Crippen molar-refractivity contribution in [3.8, 4) is 11.5 Å². The van der Waals surface area contributed by atoms with Gasteiger partial charge in [-0.15, -0.1) is 0 Å². The molecule has 0 N–H and O–H groups in total. The van der Waals surface area contributed by atoms with E-state index in [1.807, 2.05) is 36.1 Å². The molecule has 2 rings (SSSR count). The number of hydrogen-bond acceptors (Lipinski definition) is 3. The number of hydrogen-bond donors (Lipinski definition) is 0. The molecule has 1 aliphatic carbocycles. The second-order valence-electron chi connectivity index (χ2n) is 5.51. The van der Waals surface area contributed by atoms with Gasteiger partial charge in [-0.1, -0.05) is 18.9 Å². The molecule has 4 heteroatoms. The third-order valence-corrected chi connectivity index (χ3v) is 4.22. The van der Waals surface area contributed by atoms with Gasteiger partial charge in [0.1, 0.15) is 0 Å². The van der Waals surface area contributed by atoms with Crippen molar-refractivity contribution in [2.75, 3.05) is 20.8 Å². The monoisotopic (exact) mass is 303 g/mol. The predicted octanol–water partition coefficient (Wildman–Crippen LogP) is 3.51. The first kappa shape index (κ1) is 16.4. The molecule has 22 heavy (non-hydrogen) atoms. The Hall–Kier alpha value is -1.97. The van der Waals surface area contributed by atoms with Crippen molar-refractivity contribution in [1.82, 2.24) is 4.90 Å². The van der Waals surface area contributed by atoms with Gasteiger partial charge >= 0.3 is 0 Å². The normalized spacial score (nSPS) is 15.2. The molecule has 0 radical (unpaired) electrons. The molecule has 0 aliphatic heterocycles. The fourth-order valence-electron chi connectivity index (χ4n) is 3.03. The third-order valence-electron chi connectivity index (χ3n) is 4.22. The van der Waals surface area contributed by atoms with Crippen molar-refractivity contribution in [1.29, 1.82) is 0 Å². The summed E-state index contributed by atoms with van der Waals surface area (Å²) in [6.07, 6.45) is 8.21. The highest BCUT2D eigenvalue weighted by Gasteiger charge is 2.23. The van der Waals surface area contributed by atoms with Crippen molar-refractivity contribution >= 4 is 12.0 Å². The highest BCUT2D eigenvalue weighted by Crippen LogP contribution is 2.28. The fourth-order valence-corrected chi connectivity index (χ4v) is 3.03. The van der Waals surface area contributed by atoms with E-state index in [0.29, 0.717) is 17.5 Å². The summed E-state index contributed by atoms with van der Waals surface area (Å²) in [5.74, 6) is 1.44. The smallest absolute Gasteiger partial charge is 0.246 e. The van der Waals surface area contributed by atoms with E-state index < -0.39 is 0 Å². The van der Waals surface area contributed by atoms with Crippen molar-refractivity contribution in [2.24, 2.45) is 0 Å². The number of carbonyl (C=O) groups is 1. The number of amides is 1. The zero-order valence-corrected chi connectivity index (χ0v) is 13.7. The van der Waals surface area contributed by atoms with Gasteiger partial charge in [-0.3, -0.25) is 4.79 Å². The molecule has 1 saturated carbocycles. The first-order chi connectivity index (χ1) is 10.7. The lowest BCUT2D eigenvalue weighted by Gasteiger charge is -2.26. The zero-order chi connectivity index (χ0) is 15.9. The zero-order valence-electron chi connectivity index (χ0n) is 13.7. The Morgan fingerprint density at radius 3 is 2.50 bits per heavy atom. The van der Waals surface area contributed by atoms with Crippen LogP contribution in [0, 0.1) is 0 Å². The van der Waals surface area contributed by atoms with Crippen LogP contribution in [0.5, 0.6) is 11.5 Å². The summed E-state index contributed by atoms with van der Waals surface area (Å²) < 4.78 is 10.5. The molecule has 1 aromatic carbocycles. The van der Waals surface area contributed by atoms with Gasteiger partial charge in [-0.25, -0.2) is 0 Å². The highest BCUT2D eigenvalue weighted by molar-refractivity contribution is 5.92. The summed E-state index contributed by atoms with van der Waals surface area (Å²) in [4.78, 5) is 14.4. The van der Waals surface area contributed by atoms with Crippen molar-refractivity contribution in [3.05, 3.63) is 29.8 Å². The number of nitrogens with zero attached hydrogens (tertiary/aromatic N) is 1.